The van der Waals surface area contributed by atoms with Gasteiger partial charge in [0.1, 0.15) is 0 Å². The van der Waals surface area contributed by atoms with E-state index in [4.69, 9.17) is 11.6 Å². The minimum absolute atomic E-state index is 0.0905. The minimum atomic E-state index is -0.179. The molecule has 0 radical (unpaired) electrons. The van der Waals surface area contributed by atoms with E-state index in [2.05, 4.69) is 5.32 Å². The number of benzene rings is 1. The van der Waals surface area contributed by atoms with Gasteiger partial charge in [0, 0.05) is 13.1 Å². The Hall–Kier alpha value is -1.59. The van der Waals surface area contributed by atoms with Gasteiger partial charge in [-0.25, -0.2) is 0 Å². The Kier molecular flexibility index (Phi) is 6.21. The van der Waals surface area contributed by atoms with Crippen molar-refractivity contribution in [2.45, 2.75) is 19.3 Å². The van der Waals surface area contributed by atoms with Crippen molar-refractivity contribution < 1.29 is 9.59 Å². The lowest BCUT2D eigenvalue weighted by molar-refractivity contribution is -0.133. The summed E-state index contributed by atoms with van der Waals surface area (Å²) in [5.74, 6) is -0.0882. The van der Waals surface area contributed by atoms with Crippen LogP contribution in [0.25, 0.3) is 0 Å². The molecule has 1 aliphatic rings. The lowest BCUT2D eigenvalue weighted by Gasteiger charge is -2.28. The molecule has 0 saturated carbocycles. The number of hydrogen-bond donors (Lipinski definition) is 1. The third-order valence-corrected chi connectivity index (χ3v) is 4.01. The Morgan fingerprint density at radius 2 is 1.86 bits per heavy atom. The summed E-state index contributed by atoms with van der Waals surface area (Å²) in [6.07, 6.45) is 3.34. The van der Waals surface area contributed by atoms with Crippen LogP contribution in [0.1, 0.15) is 19.3 Å². The van der Waals surface area contributed by atoms with Crippen molar-refractivity contribution in [2.24, 2.45) is 0 Å². The molecule has 1 aliphatic heterocycles. The summed E-state index contributed by atoms with van der Waals surface area (Å²) in [6.45, 7) is 2.08. The number of carbonyl (C=O) groups is 2. The van der Waals surface area contributed by atoms with Gasteiger partial charge in [0.05, 0.1) is 23.8 Å². The first-order valence-electron chi connectivity index (χ1n) is 7.57. The summed E-state index contributed by atoms with van der Waals surface area (Å²) in [4.78, 5) is 27.7. The van der Waals surface area contributed by atoms with Crippen LogP contribution in [0, 0.1) is 0 Å². The van der Waals surface area contributed by atoms with Gasteiger partial charge in [0.25, 0.3) is 0 Å². The van der Waals surface area contributed by atoms with E-state index in [1.165, 1.54) is 6.42 Å². The van der Waals surface area contributed by atoms with Crippen molar-refractivity contribution in [1.82, 2.24) is 9.80 Å². The lowest BCUT2D eigenvalue weighted by Crippen LogP contribution is -2.43. The van der Waals surface area contributed by atoms with Crippen LogP contribution >= 0.6 is 11.6 Å². The van der Waals surface area contributed by atoms with Gasteiger partial charge in [-0.05, 0) is 38.4 Å². The number of likely N-dealkylation sites (tertiary alicyclic amines) is 1. The summed E-state index contributed by atoms with van der Waals surface area (Å²) in [5.41, 5.74) is 0.588. The number of para-hydroxylation sites is 1. The fraction of sp³-hybridized carbons (Fsp3) is 0.500. The average molecular weight is 324 g/mol. The van der Waals surface area contributed by atoms with Crippen molar-refractivity contribution in [3.63, 3.8) is 0 Å². The molecule has 0 spiro atoms. The zero-order chi connectivity index (χ0) is 15.9. The number of hydrogen-bond acceptors (Lipinski definition) is 3. The van der Waals surface area contributed by atoms with E-state index in [-0.39, 0.29) is 24.9 Å². The fourth-order valence-electron chi connectivity index (χ4n) is 2.53. The van der Waals surface area contributed by atoms with Crippen molar-refractivity contribution in [1.29, 1.82) is 0 Å². The molecule has 22 heavy (non-hydrogen) atoms. The summed E-state index contributed by atoms with van der Waals surface area (Å²) < 4.78 is 0. The molecule has 6 heteroatoms. The Labute approximate surface area is 136 Å². The maximum absolute atomic E-state index is 12.1. The smallest absolute Gasteiger partial charge is 0.238 e. The third kappa shape index (κ3) is 5.00. The number of nitrogens with one attached hydrogen (secondary N) is 1. The molecule has 2 amide bonds. The predicted octanol–water partition coefficient (Wildman–Crippen LogP) is 2.22. The molecule has 0 aromatic heterocycles. The van der Waals surface area contributed by atoms with Gasteiger partial charge in [0.2, 0.25) is 11.8 Å². The highest BCUT2D eigenvalue weighted by molar-refractivity contribution is 6.33. The molecule has 2 rings (SSSR count). The van der Waals surface area contributed by atoms with Crippen LogP contribution in [-0.2, 0) is 9.59 Å². The molecule has 120 valence electrons. The molecule has 1 heterocycles. The highest BCUT2D eigenvalue weighted by Gasteiger charge is 2.19. The Balaban J connectivity index is 1.78. The minimum Gasteiger partial charge on any atom is -0.342 e. The highest BCUT2D eigenvalue weighted by Crippen LogP contribution is 2.20. The zero-order valence-electron chi connectivity index (χ0n) is 12.8. The molecule has 0 bridgehead atoms. The molecular formula is C16H22ClN3O2. The van der Waals surface area contributed by atoms with Gasteiger partial charge < -0.3 is 10.2 Å². The van der Waals surface area contributed by atoms with Gasteiger partial charge in [-0.3, -0.25) is 14.5 Å². The Morgan fingerprint density at radius 1 is 1.18 bits per heavy atom. The second-order valence-corrected chi connectivity index (χ2v) is 6.05. The maximum atomic E-state index is 12.1. The van der Waals surface area contributed by atoms with Gasteiger partial charge in [-0.2, -0.15) is 0 Å². The third-order valence-electron chi connectivity index (χ3n) is 3.68. The van der Waals surface area contributed by atoms with Crippen LogP contribution in [-0.4, -0.2) is 54.8 Å². The van der Waals surface area contributed by atoms with E-state index in [0.717, 1.165) is 25.9 Å². The average Bonchev–Trinajstić information content (AvgIpc) is 2.50. The second kappa shape index (κ2) is 8.15. The van der Waals surface area contributed by atoms with Gasteiger partial charge in [0.15, 0.2) is 0 Å². The molecule has 1 aromatic carbocycles. The molecule has 0 aliphatic carbocycles. The number of amides is 2. The molecule has 5 nitrogen and oxygen atoms in total. The summed E-state index contributed by atoms with van der Waals surface area (Å²) in [5, 5.41) is 3.26. The number of piperidine rings is 1. The highest BCUT2D eigenvalue weighted by atomic mass is 35.5. The van der Waals surface area contributed by atoms with Crippen molar-refractivity contribution in [2.75, 3.05) is 38.5 Å². The molecule has 1 aromatic rings. The lowest BCUT2D eigenvalue weighted by atomic mass is 10.1. The zero-order valence-corrected chi connectivity index (χ0v) is 13.6. The largest absolute Gasteiger partial charge is 0.342 e. The fourth-order valence-corrected chi connectivity index (χ4v) is 2.71. The first-order valence-corrected chi connectivity index (χ1v) is 7.95. The summed E-state index contributed by atoms with van der Waals surface area (Å²) >= 11 is 6.00. The quantitative estimate of drug-likeness (QED) is 0.904. The van der Waals surface area contributed by atoms with Crippen LogP contribution in [0.15, 0.2) is 24.3 Å². The van der Waals surface area contributed by atoms with E-state index in [1.54, 1.807) is 30.1 Å². The van der Waals surface area contributed by atoms with Crippen LogP contribution < -0.4 is 5.32 Å². The molecule has 0 unspecified atom stereocenters. The van der Waals surface area contributed by atoms with Crippen LogP contribution in [0.5, 0.6) is 0 Å². The molecule has 1 fully saturated rings. The monoisotopic (exact) mass is 323 g/mol. The first-order chi connectivity index (χ1) is 10.6. The number of anilines is 1. The van der Waals surface area contributed by atoms with E-state index in [1.807, 2.05) is 11.0 Å². The van der Waals surface area contributed by atoms with E-state index in [0.29, 0.717) is 10.7 Å². The first kappa shape index (κ1) is 16.8. The molecule has 1 N–H and O–H groups in total. The van der Waals surface area contributed by atoms with Crippen LogP contribution in [0.3, 0.4) is 0 Å². The molecular weight excluding hydrogens is 302 g/mol. The Bertz CT molecular complexity index is 530. The maximum Gasteiger partial charge on any atom is 0.238 e. The van der Waals surface area contributed by atoms with Crippen molar-refractivity contribution in [3.05, 3.63) is 29.3 Å². The second-order valence-electron chi connectivity index (χ2n) is 5.64. The van der Waals surface area contributed by atoms with Crippen molar-refractivity contribution >= 4 is 29.1 Å². The number of halogens is 1. The normalized spacial score (nSPS) is 15.0. The van der Waals surface area contributed by atoms with Crippen molar-refractivity contribution in [3.8, 4) is 0 Å². The van der Waals surface area contributed by atoms with E-state index < -0.39 is 0 Å². The summed E-state index contributed by atoms with van der Waals surface area (Å²) in [7, 11) is 1.77. The summed E-state index contributed by atoms with van der Waals surface area (Å²) in [6, 6.07) is 7.09. The predicted molar refractivity (Wildman–Crippen MR) is 88.0 cm³/mol. The van der Waals surface area contributed by atoms with Crippen LogP contribution in [0.2, 0.25) is 5.02 Å². The SMILES string of the molecule is CN(CC(=O)Nc1ccccc1Cl)CC(=O)N1CCCCC1. The molecule has 0 atom stereocenters. The van der Waals surface area contributed by atoms with Gasteiger partial charge in [-0.15, -0.1) is 0 Å². The van der Waals surface area contributed by atoms with Gasteiger partial charge in [-0.1, -0.05) is 23.7 Å². The topological polar surface area (TPSA) is 52.7 Å². The number of carbonyl (C=O) groups excluding carboxylic acids is 2. The Morgan fingerprint density at radius 3 is 2.55 bits per heavy atom. The standard InChI is InChI=1S/C16H22ClN3O2/c1-19(12-16(22)20-9-5-2-6-10-20)11-15(21)18-14-8-4-3-7-13(14)17/h3-4,7-8H,2,5-6,9-12H2,1H3,(H,18,21). The van der Waals surface area contributed by atoms with Crippen LogP contribution in [0.4, 0.5) is 5.69 Å². The number of likely N-dealkylation sites (N-methyl/N-ethyl adjacent to an activating group) is 1. The van der Waals surface area contributed by atoms with E-state index >= 15 is 0 Å². The molecule has 1 saturated heterocycles. The number of nitrogens with zero attached hydrogens (tertiary/aromatic N) is 2. The number of rotatable bonds is 5. The van der Waals surface area contributed by atoms with E-state index in [9.17, 15) is 9.59 Å². The van der Waals surface area contributed by atoms with Gasteiger partial charge >= 0.3 is 0 Å².